The number of halogens is 1. The fraction of sp³-hybridized carbons (Fsp3) is 0.308. The fourth-order valence-electron chi connectivity index (χ4n) is 1.82. The first-order valence-corrected chi connectivity index (χ1v) is 6.49. The molecule has 2 aromatic rings. The smallest absolute Gasteiger partial charge is 0.123 e. The minimum atomic E-state index is 0. The van der Waals surface area contributed by atoms with Crippen molar-refractivity contribution in [3.63, 3.8) is 0 Å². The van der Waals surface area contributed by atoms with Gasteiger partial charge >= 0.3 is 0 Å². The zero-order valence-electron chi connectivity index (χ0n) is 9.43. The van der Waals surface area contributed by atoms with Gasteiger partial charge in [0.1, 0.15) is 5.01 Å². The molecule has 1 aliphatic rings. The molecule has 1 saturated carbocycles. The first kappa shape index (κ1) is 12.6. The van der Waals surface area contributed by atoms with E-state index in [-0.39, 0.29) is 12.4 Å². The number of aromatic nitrogens is 1. The molecule has 0 radical (unpaired) electrons. The summed E-state index contributed by atoms with van der Waals surface area (Å²) in [5.41, 5.74) is 9.28. The number of benzene rings is 1. The van der Waals surface area contributed by atoms with Gasteiger partial charge in [0, 0.05) is 23.4 Å². The first-order chi connectivity index (χ1) is 7.86. The first-order valence-electron chi connectivity index (χ1n) is 5.61. The Balaban J connectivity index is 0.00000108. The molecule has 2 nitrogen and oxygen atoms in total. The summed E-state index contributed by atoms with van der Waals surface area (Å²) in [6.07, 6.45) is 2.62. The molecule has 0 aliphatic heterocycles. The number of nitrogens with two attached hydrogens (primary N) is 1. The Labute approximate surface area is 111 Å². The van der Waals surface area contributed by atoms with E-state index in [1.165, 1.54) is 29.7 Å². The van der Waals surface area contributed by atoms with Crippen molar-refractivity contribution in [2.24, 2.45) is 5.73 Å². The van der Waals surface area contributed by atoms with Crippen molar-refractivity contribution in [1.29, 1.82) is 0 Å². The number of rotatable bonds is 3. The number of hydrogen-bond acceptors (Lipinski definition) is 3. The minimum Gasteiger partial charge on any atom is -0.326 e. The fourth-order valence-corrected chi connectivity index (χ4v) is 2.72. The molecule has 1 aromatic heterocycles. The van der Waals surface area contributed by atoms with Gasteiger partial charge in [0.15, 0.2) is 0 Å². The number of hydrogen-bond donors (Lipinski definition) is 1. The molecule has 0 saturated heterocycles. The van der Waals surface area contributed by atoms with Crippen LogP contribution < -0.4 is 5.73 Å². The maximum Gasteiger partial charge on any atom is 0.123 e. The molecule has 0 unspecified atom stereocenters. The summed E-state index contributed by atoms with van der Waals surface area (Å²) in [5.74, 6) is 0.739. The minimum absolute atomic E-state index is 0. The average molecular weight is 267 g/mol. The third kappa shape index (κ3) is 2.68. The third-order valence-corrected chi connectivity index (χ3v) is 3.84. The second-order valence-corrected chi connectivity index (χ2v) is 5.11. The lowest BCUT2D eigenvalue weighted by molar-refractivity contribution is 1.05. The lowest BCUT2D eigenvalue weighted by Gasteiger charge is -1.99. The molecule has 3 rings (SSSR count). The Bertz CT molecular complexity index is 506. The van der Waals surface area contributed by atoms with E-state index >= 15 is 0 Å². The van der Waals surface area contributed by atoms with Crippen LogP contribution in [0.5, 0.6) is 0 Å². The topological polar surface area (TPSA) is 38.9 Å². The standard InChI is InChI=1S/C13H14N2S.ClH/c14-7-9-2-1-3-11(6-9)13-15-12(8-16-13)10-4-5-10;/h1-3,6,8,10H,4-5,7,14H2;1H. The van der Waals surface area contributed by atoms with Crippen LogP contribution in [0.4, 0.5) is 0 Å². The van der Waals surface area contributed by atoms with Crippen molar-refractivity contribution >= 4 is 23.7 Å². The van der Waals surface area contributed by atoms with E-state index in [1.54, 1.807) is 11.3 Å². The van der Waals surface area contributed by atoms with Gasteiger partial charge in [-0.3, -0.25) is 0 Å². The van der Waals surface area contributed by atoms with Gasteiger partial charge in [0.2, 0.25) is 0 Å². The maximum atomic E-state index is 5.64. The molecule has 1 aromatic carbocycles. The van der Waals surface area contributed by atoms with Crippen molar-refractivity contribution in [2.75, 3.05) is 0 Å². The highest BCUT2D eigenvalue weighted by atomic mass is 35.5. The molecular formula is C13H15ClN2S. The quantitative estimate of drug-likeness (QED) is 0.922. The number of thiazole rings is 1. The van der Waals surface area contributed by atoms with Crippen molar-refractivity contribution in [2.45, 2.75) is 25.3 Å². The van der Waals surface area contributed by atoms with Crippen LogP contribution in [0.1, 0.15) is 30.0 Å². The van der Waals surface area contributed by atoms with Gasteiger partial charge in [0.05, 0.1) is 5.69 Å². The Morgan fingerprint density at radius 2 is 2.18 bits per heavy atom. The van der Waals surface area contributed by atoms with E-state index in [0.29, 0.717) is 6.54 Å². The van der Waals surface area contributed by atoms with E-state index in [2.05, 4.69) is 29.6 Å². The Hall–Kier alpha value is -0.900. The zero-order valence-corrected chi connectivity index (χ0v) is 11.1. The van der Waals surface area contributed by atoms with Crippen LogP contribution in [-0.4, -0.2) is 4.98 Å². The van der Waals surface area contributed by atoms with E-state index in [1.807, 2.05) is 0 Å². The van der Waals surface area contributed by atoms with Crippen LogP contribution in [0, 0.1) is 0 Å². The Morgan fingerprint density at radius 1 is 1.35 bits per heavy atom. The SMILES string of the molecule is Cl.NCc1cccc(-c2nc(C3CC3)cs2)c1. The summed E-state index contributed by atoms with van der Waals surface area (Å²) in [7, 11) is 0. The second-order valence-electron chi connectivity index (χ2n) is 4.26. The summed E-state index contributed by atoms with van der Waals surface area (Å²) in [5, 5.41) is 3.32. The van der Waals surface area contributed by atoms with E-state index in [0.717, 1.165) is 10.9 Å². The molecule has 2 N–H and O–H groups in total. The molecule has 1 fully saturated rings. The van der Waals surface area contributed by atoms with E-state index in [4.69, 9.17) is 10.7 Å². The molecule has 1 aliphatic carbocycles. The number of nitrogens with zero attached hydrogens (tertiary/aromatic N) is 1. The summed E-state index contributed by atoms with van der Waals surface area (Å²) in [6, 6.07) is 8.35. The molecule has 4 heteroatoms. The molecule has 0 spiro atoms. The highest BCUT2D eigenvalue weighted by Crippen LogP contribution is 2.41. The third-order valence-electron chi connectivity index (χ3n) is 2.93. The average Bonchev–Trinajstić information content (AvgIpc) is 3.07. The molecule has 0 atom stereocenters. The predicted molar refractivity (Wildman–Crippen MR) is 74.7 cm³/mol. The van der Waals surface area contributed by atoms with Crippen LogP contribution in [0.2, 0.25) is 0 Å². The van der Waals surface area contributed by atoms with Gasteiger partial charge in [-0.25, -0.2) is 4.98 Å². The summed E-state index contributed by atoms with van der Waals surface area (Å²) < 4.78 is 0. The van der Waals surface area contributed by atoms with Gasteiger partial charge in [-0.1, -0.05) is 18.2 Å². The Kier molecular flexibility index (Phi) is 3.82. The summed E-state index contributed by atoms with van der Waals surface area (Å²) >= 11 is 1.74. The van der Waals surface area contributed by atoms with Crippen LogP contribution >= 0.6 is 23.7 Å². The predicted octanol–water partition coefficient (Wildman–Crippen LogP) is 3.57. The lowest BCUT2D eigenvalue weighted by atomic mass is 10.1. The molecule has 0 bridgehead atoms. The van der Waals surface area contributed by atoms with Crippen LogP contribution in [0.15, 0.2) is 29.6 Å². The van der Waals surface area contributed by atoms with Crippen LogP contribution in [0.25, 0.3) is 10.6 Å². The van der Waals surface area contributed by atoms with Gasteiger partial charge in [-0.15, -0.1) is 23.7 Å². The van der Waals surface area contributed by atoms with Crippen LogP contribution in [-0.2, 0) is 6.54 Å². The normalized spacial score (nSPS) is 14.4. The highest BCUT2D eigenvalue weighted by molar-refractivity contribution is 7.13. The van der Waals surface area contributed by atoms with Crippen molar-refractivity contribution in [3.05, 3.63) is 40.9 Å². The van der Waals surface area contributed by atoms with Gasteiger partial charge in [-0.2, -0.15) is 0 Å². The van der Waals surface area contributed by atoms with Gasteiger partial charge in [-0.05, 0) is 24.5 Å². The second kappa shape index (κ2) is 5.17. The van der Waals surface area contributed by atoms with Crippen molar-refractivity contribution < 1.29 is 0 Å². The monoisotopic (exact) mass is 266 g/mol. The molecule has 1 heterocycles. The zero-order chi connectivity index (χ0) is 11.0. The molecular weight excluding hydrogens is 252 g/mol. The van der Waals surface area contributed by atoms with E-state index in [9.17, 15) is 0 Å². The molecule has 90 valence electrons. The molecule has 0 amide bonds. The van der Waals surface area contributed by atoms with Crippen LogP contribution in [0.3, 0.4) is 0 Å². The Morgan fingerprint density at radius 3 is 2.88 bits per heavy atom. The van der Waals surface area contributed by atoms with Crippen molar-refractivity contribution in [1.82, 2.24) is 4.98 Å². The van der Waals surface area contributed by atoms with E-state index < -0.39 is 0 Å². The maximum absolute atomic E-state index is 5.64. The summed E-state index contributed by atoms with van der Waals surface area (Å²) in [4.78, 5) is 4.70. The van der Waals surface area contributed by atoms with Crippen molar-refractivity contribution in [3.8, 4) is 10.6 Å². The van der Waals surface area contributed by atoms with Gasteiger partial charge in [0.25, 0.3) is 0 Å². The molecule has 17 heavy (non-hydrogen) atoms. The largest absolute Gasteiger partial charge is 0.326 e. The summed E-state index contributed by atoms with van der Waals surface area (Å²) in [6.45, 7) is 0.592. The lowest BCUT2D eigenvalue weighted by Crippen LogP contribution is -1.95. The highest BCUT2D eigenvalue weighted by Gasteiger charge is 2.26. The van der Waals surface area contributed by atoms with Gasteiger partial charge < -0.3 is 5.73 Å².